The minimum absolute atomic E-state index is 0.124. The van der Waals surface area contributed by atoms with Crippen molar-refractivity contribution in [3.8, 4) is 0 Å². The van der Waals surface area contributed by atoms with E-state index in [2.05, 4.69) is 0 Å². The molecule has 0 aromatic heterocycles. The van der Waals surface area contributed by atoms with Gasteiger partial charge in [0.05, 0.1) is 4.92 Å². The minimum atomic E-state index is -0.403. The lowest BCUT2D eigenvalue weighted by Crippen LogP contribution is -1.95. The number of carbonyl (C=O) groups excluding carboxylic acids is 1. The van der Waals surface area contributed by atoms with E-state index in [-0.39, 0.29) is 5.69 Å². The summed E-state index contributed by atoms with van der Waals surface area (Å²) in [6, 6.07) is 6.57. The van der Waals surface area contributed by atoms with E-state index < -0.39 is 4.92 Å². The van der Waals surface area contributed by atoms with E-state index in [1.54, 1.807) is 24.5 Å². The molecule has 14 heavy (non-hydrogen) atoms. The summed E-state index contributed by atoms with van der Waals surface area (Å²) in [6.45, 7) is 0. The molecular weight excluding hydrogens is 182 g/mol. The number of rotatable bonds is 5. The summed E-state index contributed by atoms with van der Waals surface area (Å²) in [6.07, 6.45) is 3.25. The lowest BCUT2D eigenvalue weighted by atomic mass is 10.1. The Labute approximate surface area is 81.7 Å². The number of hydrogen-bond donors (Lipinski definition) is 0. The molecule has 0 spiro atoms. The number of para-hydroxylation sites is 1. The van der Waals surface area contributed by atoms with Crippen LogP contribution < -0.4 is 0 Å². The second-order valence-electron chi connectivity index (χ2n) is 2.88. The molecule has 0 bridgehead atoms. The number of aryl methyl sites for hydroxylation is 1. The molecule has 0 aliphatic rings. The topological polar surface area (TPSA) is 60.2 Å². The first-order valence-electron chi connectivity index (χ1n) is 4.33. The molecule has 4 nitrogen and oxygen atoms in total. The van der Waals surface area contributed by atoms with Crippen molar-refractivity contribution in [2.75, 3.05) is 0 Å². The number of benzene rings is 1. The molecule has 0 saturated carbocycles. The Bertz CT molecular complexity index is 336. The highest BCUT2D eigenvalue weighted by Crippen LogP contribution is 2.19. The lowest BCUT2D eigenvalue weighted by molar-refractivity contribution is -0.385. The summed E-state index contributed by atoms with van der Waals surface area (Å²) in [4.78, 5) is 20.1. The molecule has 0 heterocycles. The summed E-state index contributed by atoms with van der Waals surface area (Å²) >= 11 is 0. The normalized spacial score (nSPS) is 9.71. The third-order valence-electron chi connectivity index (χ3n) is 1.91. The van der Waals surface area contributed by atoms with Gasteiger partial charge in [0.15, 0.2) is 6.29 Å². The van der Waals surface area contributed by atoms with E-state index in [1.807, 2.05) is 0 Å². The summed E-state index contributed by atoms with van der Waals surface area (Å²) in [5.74, 6) is 0. The van der Waals surface area contributed by atoms with Gasteiger partial charge in [0.1, 0.15) is 0 Å². The fraction of sp³-hybridized carbons (Fsp3) is 0.300. The molecule has 0 saturated heterocycles. The Morgan fingerprint density at radius 3 is 2.71 bits per heavy atom. The average Bonchev–Trinajstić information content (AvgIpc) is 2.19. The van der Waals surface area contributed by atoms with E-state index in [4.69, 9.17) is 0 Å². The third kappa shape index (κ3) is 2.65. The Kier molecular flexibility index (Phi) is 3.79. The summed E-state index contributed by atoms with van der Waals surface area (Å²) in [5, 5.41) is 10.6. The van der Waals surface area contributed by atoms with E-state index in [1.165, 1.54) is 6.07 Å². The molecule has 0 unspecified atom stereocenters. The van der Waals surface area contributed by atoms with Gasteiger partial charge >= 0.3 is 0 Å². The first kappa shape index (κ1) is 10.4. The van der Waals surface area contributed by atoms with Crippen molar-refractivity contribution in [3.05, 3.63) is 39.9 Å². The van der Waals surface area contributed by atoms with Crippen LogP contribution in [0, 0.1) is 10.1 Å². The van der Waals surface area contributed by atoms with Crippen LogP contribution in [0.4, 0.5) is 5.69 Å². The van der Waals surface area contributed by atoms with Crippen molar-refractivity contribution >= 4 is 12.0 Å². The van der Waals surface area contributed by atoms with E-state index in [9.17, 15) is 14.9 Å². The quantitative estimate of drug-likeness (QED) is 0.407. The molecule has 0 atom stereocenters. The van der Waals surface area contributed by atoms with Crippen LogP contribution in [0.3, 0.4) is 0 Å². The van der Waals surface area contributed by atoms with Gasteiger partial charge in [-0.05, 0) is 12.8 Å². The minimum Gasteiger partial charge on any atom is -0.291 e. The van der Waals surface area contributed by atoms with E-state index >= 15 is 0 Å². The van der Waals surface area contributed by atoms with E-state index in [0.717, 1.165) is 0 Å². The monoisotopic (exact) mass is 192 g/mol. The van der Waals surface area contributed by atoms with Gasteiger partial charge in [-0.3, -0.25) is 14.9 Å². The number of nitrogens with zero attached hydrogens (tertiary/aromatic N) is 1. The van der Waals surface area contributed by atoms with Crippen LogP contribution in [0.1, 0.15) is 18.4 Å². The maximum Gasteiger partial charge on any atom is 0.272 e. The molecule has 1 rings (SSSR count). The van der Waals surface area contributed by atoms with Crippen LogP contribution in [-0.4, -0.2) is 11.2 Å². The molecule has 4 heteroatoms. The van der Waals surface area contributed by atoms with Crippen molar-refractivity contribution in [1.82, 2.24) is 0 Å². The molecule has 1 radical (unpaired) electrons. The van der Waals surface area contributed by atoms with Gasteiger partial charge in [-0.1, -0.05) is 18.2 Å². The molecule has 1 aromatic carbocycles. The molecule has 0 amide bonds. The van der Waals surface area contributed by atoms with Crippen LogP contribution in [0.2, 0.25) is 0 Å². The van der Waals surface area contributed by atoms with Crippen molar-refractivity contribution in [2.24, 2.45) is 0 Å². The van der Waals surface area contributed by atoms with Gasteiger partial charge in [-0.2, -0.15) is 0 Å². The second-order valence-corrected chi connectivity index (χ2v) is 2.88. The molecule has 0 aliphatic heterocycles. The van der Waals surface area contributed by atoms with Gasteiger partial charge in [-0.25, -0.2) is 0 Å². The Balaban J connectivity index is 2.74. The summed E-state index contributed by atoms with van der Waals surface area (Å²) in [7, 11) is 0. The van der Waals surface area contributed by atoms with Crippen LogP contribution in [0.25, 0.3) is 0 Å². The molecule has 0 fully saturated rings. The smallest absolute Gasteiger partial charge is 0.272 e. The first-order valence-corrected chi connectivity index (χ1v) is 4.33. The fourth-order valence-electron chi connectivity index (χ4n) is 1.25. The highest BCUT2D eigenvalue weighted by molar-refractivity contribution is 5.50. The van der Waals surface area contributed by atoms with Crippen LogP contribution in [0.5, 0.6) is 0 Å². The van der Waals surface area contributed by atoms with Gasteiger partial charge in [0.2, 0.25) is 0 Å². The highest BCUT2D eigenvalue weighted by Gasteiger charge is 2.10. The van der Waals surface area contributed by atoms with Crippen molar-refractivity contribution in [2.45, 2.75) is 19.3 Å². The number of unbranched alkanes of at least 4 members (excludes halogenated alkanes) is 1. The van der Waals surface area contributed by atoms with Gasteiger partial charge in [0.25, 0.3) is 5.69 Å². The third-order valence-corrected chi connectivity index (χ3v) is 1.91. The van der Waals surface area contributed by atoms with Gasteiger partial charge in [-0.15, -0.1) is 0 Å². The zero-order chi connectivity index (χ0) is 10.4. The maximum absolute atomic E-state index is 10.6. The Hall–Kier alpha value is -1.71. The predicted molar refractivity (Wildman–Crippen MR) is 51.7 cm³/mol. The Morgan fingerprint density at radius 1 is 1.36 bits per heavy atom. The SMILES string of the molecule is O=[C]CCCc1ccccc1[N+](=O)[O-]. The molecule has 1 aromatic rings. The molecule has 0 aliphatic carbocycles. The second kappa shape index (κ2) is 5.11. The number of nitro benzene ring substituents is 1. The standard InChI is InChI=1S/C10H10NO3/c12-8-4-3-6-9-5-1-2-7-10(9)11(13)14/h1-2,5,7H,3-4,6H2. The van der Waals surface area contributed by atoms with Crippen molar-refractivity contribution in [3.63, 3.8) is 0 Å². The summed E-state index contributed by atoms with van der Waals surface area (Å²) in [5.41, 5.74) is 0.797. The number of nitro groups is 1. The molecule has 0 N–H and O–H groups in total. The highest BCUT2D eigenvalue weighted by atomic mass is 16.6. The van der Waals surface area contributed by atoms with Crippen LogP contribution in [-0.2, 0) is 11.2 Å². The lowest BCUT2D eigenvalue weighted by Gasteiger charge is -1.99. The predicted octanol–water partition coefficient (Wildman–Crippen LogP) is 2.03. The van der Waals surface area contributed by atoms with E-state index in [0.29, 0.717) is 24.8 Å². The zero-order valence-corrected chi connectivity index (χ0v) is 7.60. The zero-order valence-electron chi connectivity index (χ0n) is 7.60. The molecule has 73 valence electrons. The average molecular weight is 192 g/mol. The number of hydrogen-bond acceptors (Lipinski definition) is 3. The maximum atomic E-state index is 10.6. The van der Waals surface area contributed by atoms with Gasteiger partial charge in [0, 0.05) is 18.1 Å². The van der Waals surface area contributed by atoms with Crippen LogP contribution in [0.15, 0.2) is 24.3 Å². The van der Waals surface area contributed by atoms with Crippen molar-refractivity contribution in [1.29, 1.82) is 0 Å². The summed E-state index contributed by atoms with van der Waals surface area (Å²) < 4.78 is 0. The van der Waals surface area contributed by atoms with Crippen LogP contribution >= 0.6 is 0 Å². The largest absolute Gasteiger partial charge is 0.291 e. The van der Waals surface area contributed by atoms with Crippen molar-refractivity contribution < 1.29 is 9.72 Å². The molecular formula is C10H10NO3. The fourth-order valence-corrected chi connectivity index (χ4v) is 1.25. The van der Waals surface area contributed by atoms with Gasteiger partial charge < -0.3 is 0 Å². The first-order chi connectivity index (χ1) is 6.75. The Morgan fingerprint density at radius 2 is 2.07 bits per heavy atom.